The van der Waals surface area contributed by atoms with Gasteiger partial charge in [-0.1, -0.05) is 0 Å². The van der Waals surface area contributed by atoms with Crippen LogP contribution in [0.4, 0.5) is 0 Å². The Balaban J connectivity index is 4.36. The quantitative estimate of drug-likeness (QED) is 0.291. The second-order valence-electron chi connectivity index (χ2n) is 3.84. The Kier molecular flexibility index (Phi) is 6.46. The highest BCUT2D eigenvalue weighted by molar-refractivity contribution is 5.81. The smallest absolute Gasteiger partial charge is 0.251 e. The van der Waals surface area contributed by atoms with E-state index in [1.54, 1.807) is 13.8 Å². The Hall–Kier alpha value is -0.730. The summed E-state index contributed by atoms with van der Waals surface area (Å²) in [5.41, 5.74) is 0. The third-order valence-electron chi connectivity index (χ3n) is 1.95. The molecule has 0 bridgehead atoms. The van der Waals surface area contributed by atoms with Crippen LogP contribution in [0.5, 0.6) is 0 Å². The van der Waals surface area contributed by atoms with E-state index in [4.69, 9.17) is 10.2 Å². The maximum Gasteiger partial charge on any atom is 0.251 e. The highest BCUT2D eigenvalue weighted by Gasteiger charge is 2.34. The van der Waals surface area contributed by atoms with Crippen molar-refractivity contribution < 1.29 is 30.3 Å². The molecule has 0 saturated heterocycles. The predicted molar refractivity (Wildman–Crippen MR) is 54.4 cm³/mol. The second kappa shape index (κ2) is 6.77. The van der Waals surface area contributed by atoms with Gasteiger partial charge in [0.25, 0.3) is 5.91 Å². The Morgan fingerprint density at radius 3 is 2.00 bits per heavy atom. The van der Waals surface area contributed by atoms with Crippen LogP contribution < -0.4 is 5.32 Å². The molecule has 6 N–H and O–H groups in total. The standard InChI is InChI=1S/C9H19NO6/c1-4(2)10-9(16)8(15)7(14)6(13)5(12)3-11/h4-8,11-15H,3H2,1-2H3,(H,10,16)/t5-,6-,7+,8-/m1/s1. The van der Waals surface area contributed by atoms with Gasteiger partial charge in [0.05, 0.1) is 6.61 Å². The van der Waals surface area contributed by atoms with E-state index in [1.165, 1.54) is 0 Å². The number of aliphatic hydroxyl groups is 5. The molecule has 0 aliphatic carbocycles. The molecular formula is C9H19NO6. The zero-order chi connectivity index (χ0) is 12.9. The van der Waals surface area contributed by atoms with Crippen LogP contribution in [0.2, 0.25) is 0 Å². The van der Waals surface area contributed by atoms with E-state index in [-0.39, 0.29) is 6.04 Å². The maximum atomic E-state index is 11.2. The summed E-state index contributed by atoms with van der Waals surface area (Å²) in [5, 5.41) is 47.8. The summed E-state index contributed by atoms with van der Waals surface area (Å²) in [6.45, 7) is 2.54. The van der Waals surface area contributed by atoms with Crippen molar-refractivity contribution in [2.75, 3.05) is 6.61 Å². The number of carbonyl (C=O) groups is 1. The van der Waals surface area contributed by atoms with Crippen LogP contribution in [0.25, 0.3) is 0 Å². The molecule has 0 aromatic rings. The summed E-state index contributed by atoms with van der Waals surface area (Å²) in [6, 6.07) is -0.228. The largest absolute Gasteiger partial charge is 0.394 e. The van der Waals surface area contributed by atoms with E-state index in [0.29, 0.717) is 0 Å². The highest BCUT2D eigenvalue weighted by atomic mass is 16.4. The van der Waals surface area contributed by atoms with Crippen LogP contribution in [0.1, 0.15) is 13.8 Å². The molecule has 0 fully saturated rings. The van der Waals surface area contributed by atoms with Crippen molar-refractivity contribution in [3.63, 3.8) is 0 Å². The van der Waals surface area contributed by atoms with Crippen molar-refractivity contribution in [1.82, 2.24) is 5.32 Å². The second-order valence-corrected chi connectivity index (χ2v) is 3.84. The molecule has 1 amide bonds. The highest BCUT2D eigenvalue weighted by Crippen LogP contribution is 2.05. The Morgan fingerprint density at radius 1 is 1.12 bits per heavy atom. The van der Waals surface area contributed by atoms with Crippen LogP contribution in [0, 0.1) is 0 Å². The van der Waals surface area contributed by atoms with Crippen molar-refractivity contribution in [3.8, 4) is 0 Å². The summed E-state index contributed by atoms with van der Waals surface area (Å²) in [4.78, 5) is 11.2. The van der Waals surface area contributed by atoms with Gasteiger partial charge in [0.15, 0.2) is 6.10 Å². The molecule has 0 aliphatic heterocycles. The van der Waals surface area contributed by atoms with E-state index in [1.807, 2.05) is 0 Å². The fraction of sp³-hybridized carbons (Fsp3) is 0.889. The first-order chi connectivity index (χ1) is 7.31. The maximum absolute atomic E-state index is 11.2. The van der Waals surface area contributed by atoms with Crippen LogP contribution in [-0.4, -0.2) is 68.5 Å². The average Bonchev–Trinajstić information content (AvgIpc) is 2.23. The summed E-state index contributed by atoms with van der Waals surface area (Å²) >= 11 is 0. The van der Waals surface area contributed by atoms with Gasteiger partial charge >= 0.3 is 0 Å². The van der Waals surface area contributed by atoms with Gasteiger partial charge in [0.2, 0.25) is 0 Å². The van der Waals surface area contributed by atoms with Crippen molar-refractivity contribution in [1.29, 1.82) is 0 Å². The lowest BCUT2D eigenvalue weighted by molar-refractivity contribution is -0.149. The fourth-order valence-electron chi connectivity index (χ4n) is 1.05. The number of hydrogen-bond acceptors (Lipinski definition) is 6. The van der Waals surface area contributed by atoms with E-state index < -0.39 is 36.9 Å². The van der Waals surface area contributed by atoms with Crippen molar-refractivity contribution in [2.24, 2.45) is 0 Å². The number of amides is 1. The zero-order valence-corrected chi connectivity index (χ0v) is 9.24. The molecule has 0 aromatic heterocycles. The first kappa shape index (κ1) is 15.3. The van der Waals surface area contributed by atoms with Gasteiger partial charge in [0.1, 0.15) is 18.3 Å². The molecule has 0 unspecified atom stereocenters. The van der Waals surface area contributed by atoms with Crippen LogP contribution in [0.15, 0.2) is 0 Å². The minimum absolute atomic E-state index is 0.228. The number of rotatable bonds is 6. The molecule has 0 aliphatic rings. The lowest BCUT2D eigenvalue weighted by Crippen LogP contribution is -2.52. The predicted octanol–water partition coefficient (Wildman–Crippen LogP) is -3.05. The van der Waals surface area contributed by atoms with Crippen LogP contribution in [0.3, 0.4) is 0 Å². The lowest BCUT2D eigenvalue weighted by Gasteiger charge is -2.25. The topological polar surface area (TPSA) is 130 Å². The molecule has 0 rings (SSSR count). The normalized spacial score (nSPS) is 19.0. The van der Waals surface area contributed by atoms with E-state index in [2.05, 4.69) is 5.32 Å². The third kappa shape index (κ3) is 4.42. The molecule has 0 radical (unpaired) electrons. The minimum atomic E-state index is -1.86. The van der Waals surface area contributed by atoms with Gasteiger partial charge in [-0.2, -0.15) is 0 Å². The van der Waals surface area contributed by atoms with Crippen molar-refractivity contribution in [3.05, 3.63) is 0 Å². The molecule has 16 heavy (non-hydrogen) atoms. The van der Waals surface area contributed by atoms with Crippen molar-refractivity contribution in [2.45, 2.75) is 44.3 Å². The van der Waals surface area contributed by atoms with Crippen molar-refractivity contribution >= 4 is 5.91 Å². The molecule has 0 saturated carbocycles. The summed E-state index contributed by atoms with van der Waals surface area (Å²) in [7, 11) is 0. The fourth-order valence-corrected chi connectivity index (χ4v) is 1.05. The summed E-state index contributed by atoms with van der Waals surface area (Å²) < 4.78 is 0. The molecule has 0 heterocycles. The number of aliphatic hydroxyl groups excluding tert-OH is 5. The number of hydrogen-bond donors (Lipinski definition) is 6. The Bertz CT molecular complexity index is 222. The van der Waals surface area contributed by atoms with E-state index >= 15 is 0 Å². The monoisotopic (exact) mass is 237 g/mol. The van der Waals surface area contributed by atoms with E-state index in [9.17, 15) is 20.1 Å². The number of carbonyl (C=O) groups excluding carboxylic acids is 1. The summed E-state index contributed by atoms with van der Waals surface area (Å²) in [5.74, 6) is -0.855. The first-order valence-corrected chi connectivity index (χ1v) is 4.94. The molecule has 0 aromatic carbocycles. The molecule has 7 nitrogen and oxygen atoms in total. The molecule has 96 valence electrons. The Labute approximate surface area is 93.3 Å². The molecule has 4 atom stereocenters. The van der Waals surface area contributed by atoms with Gasteiger partial charge in [-0.25, -0.2) is 0 Å². The SMILES string of the molecule is CC(C)NC(=O)[C@H](O)[C@@H](O)[C@H](O)[C@H](O)CO. The van der Waals surface area contributed by atoms with Crippen LogP contribution >= 0.6 is 0 Å². The molecular weight excluding hydrogens is 218 g/mol. The lowest BCUT2D eigenvalue weighted by atomic mass is 10.0. The molecule has 7 heteroatoms. The average molecular weight is 237 g/mol. The summed E-state index contributed by atoms with van der Waals surface area (Å²) in [6.07, 6.45) is -7.13. The third-order valence-corrected chi connectivity index (χ3v) is 1.95. The zero-order valence-electron chi connectivity index (χ0n) is 9.24. The Morgan fingerprint density at radius 2 is 1.62 bits per heavy atom. The van der Waals surface area contributed by atoms with Crippen LogP contribution in [-0.2, 0) is 4.79 Å². The molecule has 0 spiro atoms. The van der Waals surface area contributed by atoms with Gasteiger partial charge < -0.3 is 30.8 Å². The minimum Gasteiger partial charge on any atom is -0.394 e. The number of nitrogens with one attached hydrogen (secondary N) is 1. The van der Waals surface area contributed by atoms with Gasteiger partial charge in [-0.05, 0) is 13.8 Å². The van der Waals surface area contributed by atoms with Gasteiger partial charge in [0, 0.05) is 6.04 Å². The van der Waals surface area contributed by atoms with Gasteiger partial charge in [-0.3, -0.25) is 4.79 Å². The van der Waals surface area contributed by atoms with Gasteiger partial charge in [-0.15, -0.1) is 0 Å². The van der Waals surface area contributed by atoms with E-state index in [0.717, 1.165) is 0 Å². The first-order valence-electron chi connectivity index (χ1n) is 4.94.